The standard InChI is InChI=1S/C13H13Cl2N3O/c1-8-9(6-16-2)7-17-13(18-8)19-10-3-4-11(14)12(15)5-10/h3-5,7,16H,6H2,1-2H3. The highest BCUT2D eigenvalue weighted by molar-refractivity contribution is 6.42. The molecule has 0 spiro atoms. The molecule has 0 saturated carbocycles. The molecule has 6 heteroatoms. The summed E-state index contributed by atoms with van der Waals surface area (Å²) in [6.45, 7) is 2.63. The number of hydrogen-bond donors (Lipinski definition) is 1. The van der Waals surface area contributed by atoms with E-state index < -0.39 is 0 Å². The predicted molar refractivity (Wildman–Crippen MR) is 76.1 cm³/mol. The first kappa shape index (κ1) is 14.1. The number of aryl methyl sites for hydroxylation is 1. The smallest absolute Gasteiger partial charge is 0.322 e. The molecular weight excluding hydrogens is 285 g/mol. The van der Waals surface area contributed by atoms with Gasteiger partial charge in [-0.2, -0.15) is 4.98 Å². The van der Waals surface area contributed by atoms with Crippen molar-refractivity contribution >= 4 is 23.2 Å². The van der Waals surface area contributed by atoms with Crippen LogP contribution in [0.25, 0.3) is 0 Å². The Kier molecular flexibility index (Phi) is 4.58. The van der Waals surface area contributed by atoms with Gasteiger partial charge in [-0.05, 0) is 26.1 Å². The average molecular weight is 298 g/mol. The van der Waals surface area contributed by atoms with Crippen molar-refractivity contribution in [3.8, 4) is 11.8 Å². The topological polar surface area (TPSA) is 47.0 Å². The normalized spacial score (nSPS) is 10.5. The maximum Gasteiger partial charge on any atom is 0.322 e. The molecular formula is C13H13Cl2N3O. The van der Waals surface area contributed by atoms with Crippen molar-refractivity contribution < 1.29 is 4.74 Å². The van der Waals surface area contributed by atoms with Gasteiger partial charge in [0.25, 0.3) is 0 Å². The summed E-state index contributed by atoms with van der Waals surface area (Å²) in [4.78, 5) is 8.45. The minimum absolute atomic E-state index is 0.288. The zero-order chi connectivity index (χ0) is 13.8. The fourth-order valence-electron chi connectivity index (χ4n) is 1.53. The predicted octanol–water partition coefficient (Wildman–Crippen LogP) is 3.60. The van der Waals surface area contributed by atoms with Crippen molar-refractivity contribution in [1.29, 1.82) is 0 Å². The summed E-state index contributed by atoms with van der Waals surface area (Å²) in [5, 5.41) is 3.97. The molecule has 1 N–H and O–H groups in total. The summed E-state index contributed by atoms with van der Waals surface area (Å²) in [5.74, 6) is 0.551. The van der Waals surface area contributed by atoms with Gasteiger partial charge in [-0.25, -0.2) is 4.98 Å². The molecule has 0 bridgehead atoms. The Morgan fingerprint density at radius 1 is 1.26 bits per heavy atom. The third-order valence-electron chi connectivity index (χ3n) is 2.53. The minimum Gasteiger partial charge on any atom is -0.424 e. The lowest BCUT2D eigenvalue weighted by Crippen LogP contribution is -2.08. The van der Waals surface area contributed by atoms with Crippen LogP contribution in [0.2, 0.25) is 10.0 Å². The number of hydrogen-bond acceptors (Lipinski definition) is 4. The van der Waals surface area contributed by atoms with E-state index in [-0.39, 0.29) is 6.01 Å². The van der Waals surface area contributed by atoms with Crippen molar-refractivity contribution in [1.82, 2.24) is 15.3 Å². The van der Waals surface area contributed by atoms with Crippen molar-refractivity contribution in [2.75, 3.05) is 7.05 Å². The summed E-state index contributed by atoms with van der Waals surface area (Å²) >= 11 is 11.8. The first-order chi connectivity index (χ1) is 9.10. The second-order valence-electron chi connectivity index (χ2n) is 3.97. The first-order valence-electron chi connectivity index (χ1n) is 5.70. The minimum atomic E-state index is 0.288. The lowest BCUT2D eigenvalue weighted by molar-refractivity contribution is 0.439. The van der Waals surface area contributed by atoms with Crippen molar-refractivity contribution in [2.45, 2.75) is 13.5 Å². The number of nitrogens with zero attached hydrogens (tertiary/aromatic N) is 2. The van der Waals surface area contributed by atoms with Gasteiger partial charge in [0.1, 0.15) is 5.75 Å². The second-order valence-corrected chi connectivity index (χ2v) is 4.79. The van der Waals surface area contributed by atoms with E-state index in [0.717, 1.165) is 17.8 Å². The Labute approximate surface area is 121 Å². The lowest BCUT2D eigenvalue weighted by atomic mass is 10.2. The molecule has 100 valence electrons. The average Bonchev–Trinajstić information content (AvgIpc) is 2.37. The molecule has 0 atom stereocenters. The fraction of sp³-hybridized carbons (Fsp3) is 0.231. The van der Waals surface area contributed by atoms with Crippen LogP contribution >= 0.6 is 23.2 Å². The Morgan fingerprint density at radius 3 is 2.68 bits per heavy atom. The van der Waals surface area contributed by atoms with E-state index in [4.69, 9.17) is 27.9 Å². The molecule has 0 radical (unpaired) electrons. The zero-order valence-corrected chi connectivity index (χ0v) is 12.1. The molecule has 0 unspecified atom stereocenters. The molecule has 1 aromatic carbocycles. The van der Waals surface area contributed by atoms with Gasteiger partial charge in [0.05, 0.1) is 10.0 Å². The van der Waals surface area contributed by atoms with Gasteiger partial charge >= 0.3 is 6.01 Å². The summed E-state index contributed by atoms with van der Waals surface area (Å²) < 4.78 is 5.54. The van der Waals surface area contributed by atoms with Crippen molar-refractivity contribution in [2.24, 2.45) is 0 Å². The fourth-order valence-corrected chi connectivity index (χ4v) is 1.82. The van der Waals surface area contributed by atoms with E-state index >= 15 is 0 Å². The van der Waals surface area contributed by atoms with Crippen LogP contribution in [0.15, 0.2) is 24.4 Å². The number of benzene rings is 1. The molecule has 1 aromatic heterocycles. The maximum atomic E-state index is 5.92. The van der Waals surface area contributed by atoms with Crippen LogP contribution in [-0.2, 0) is 6.54 Å². The van der Waals surface area contributed by atoms with E-state index in [1.54, 1.807) is 24.4 Å². The number of aromatic nitrogens is 2. The van der Waals surface area contributed by atoms with E-state index in [2.05, 4.69) is 15.3 Å². The Balaban J connectivity index is 2.19. The SMILES string of the molecule is CNCc1cnc(Oc2ccc(Cl)c(Cl)c2)nc1C. The lowest BCUT2D eigenvalue weighted by Gasteiger charge is -2.08. The largest absolute Gasteiger partial charge is 0.424 e. The van der Waals surface area contributed by atoms with Crippen LogP contribution in [0, 0.1) is 6.92 Å². The number of nitrogens with one attached hydrogen (secondary N) is 1. The van der Waals surface area contributed by atoms with Gasteiger partial charge in [-0.15, -0.1) is 0 Å². The van der Waals surface area contributed by atoms with E-state index in [1.807, 2.05) is 14.0 Å². The molecule has 4 nitrogen and oxygen atoms in total. The Bertz CT molecular complexity index is 590. The summed E-state index contributed by atoms with van der Waals surface area (Å²) in [6, 6.07) is 5.30. The quantitative estimate of drug-likeness (QED) is 0.936. The number of rotatable bonds is 4. The maximum absolute atomic E-state index is 5.92. The van der Waals surface area contributed by atoms with Crippen LogP contribution < -0.4 is 10.1 Å². The molecule has 19 heavy (non-hydrogen) atoms. The van der Waals surface area contributed by atoms with Crippen LogP contribution in [0.1, 0.15) is 11.3 Å². The number of ether oxygens (including phenoxy) is 1. The zero-order valence-electron chi connectivity index (χ0n) is 10.6. The van der Waals surface area contributed by atoms with Crippen LogP contribution in [0.3, 0.4) is 0 Å². The van der Waals surface area contributed by atoms with Gasteiger partial charge in [-0.3, -0.25) is 0 Å². The van der Waals surface area contributed by atoms with Gasteiger partial charge in [0.2, 0.25) is 0 Å². The van der Waals surface area contributed by atoms with E-state index in [0.29, 0.717) is 15.8 Å². The van der Waals surface area contributed by atoms with Crippen LogP contribution in [0.5, 0.6) is 11.8 Å². The van der Waals surface area contributed by atoms with Gasteiger partial charge < -0.3 is 10.1 Å². The van der Waals surface area contributed by atoms with E-state index in [1.165, 1.54) is 0 Å². The van der Waals surface area contributed by atoms with Crippen molar-refractivity contribution in [3.05, 3.63) is 45.7 Å². The molecule has 0 aliphatic rings. The molecule has 0 amide bonds. The molecule has 0 fully saturated rings. The summed E-state index contributed by atoms with van der Waals surface area (Å²) in [5.41, 5.74) is 1.91. The van der Waals surface area contributed by atoms with Crippen molar-refractivity contribution in [3.63, 3.8) is 0 Å². The molecule has 0 saturated heterocycles. The number of halogens is 2. The van der Waals surface area contributed by atoms with Crippen LogP contribution in [0.4, 0.5) is 0 Å². The Morgan fingerprint density at radius 2 is 2.05 bits per heavy atom. The highest BCUT2D eigenvalue weighted by Crippen LogP contribution is 2.28. The van der Waals surface area contributed by atoms with Gasteiger partial charge in [-0.1, -0.05) is 23.2 Å². The first-order valence-corrected chi connectivity index (χ1v) is 6.45. The van der Waals surface area contributed by atoms with Gasteiger partial charge in [0, 0.05) is 30.1 Å². The summed E-state index contributed by atoms with van der Waals surface area (Å²) in [7, 11) is 1.87. The Hall–Kier alpha value is -1.36. The third-order valence-corrected chi connectivity index (χ3v) is 3.27. The summed E-state index contributed by atoms with van der Waals surface area (Å²) in [6.07, 6.45) is 1.74. The third kappa shape index (κ3) is 3.56. The molecule has 0 aliphatic carbocycles. The van der Waals surface area contributed by atoms with Gasteiger partial charge in [0.15, 0.2) is 0 Å². The molecule has 1 heterocycles. The van der Waals surface area contributed by atoms with Crippen LogP contribution in [-0.4, -0.2) is 17.0 Å². The monoisotopic (exact) mass is 297 g/mol. The highest BCUT2D eigenvalue weighted by Gasteiger charge is 2.06. The van der Waals surface area contributed by atoms with E-state index in [9.17, 15) is 0 Å². The molecule has 2 rings (SSSR count). The molecule has 0 aliphatic heterocycles. The molecule has 2 aromatic rings. The second kappa shape index (κ2) is 6.19. The highest BCUT2D eigenvalue weighted by atomic mass is 35.5.